The molecule has 1 aromatic heterocycles. The molecule has 1 saturated carbocycles. The lowest BCUT2D eigenvalue weighted by Gasteiger charge is -2.42. The number of nitrogens with zero attached hydrogens (tertiary/aromatic N) is 5. The number of rotatable bonds is 9. The summed E-state index contributed by atoms with van der Waals surface area (Å²) in [4.78, 5) is 29.3. The van der Waals surface area contributed by atoms with Gasteiger partial charge >= 0.3 is 0 Å². The number of carbonyl (C=O) groups excluding carboxylic acids is 1. The summed E-state index contributed by atoms with van der Waals surface area (Å²) in [5, 5.41) is 16.8. The highest BCUT2D eigenvalue weighted by molar-refractivity contribution is 5.96. The molecule has 0 radical (unpaired) electrons. The summed E-state index contributed by atoms with van der Waals surface area (Å²) in [6.07, 6.45) is 5.86. The number of hydrogen-bond acceptors (Lipinski definition) is 10. The van der Waals surface area contributed by atoms with Gasteiger partial charge in [-0.2, -0.15) is 0 Å². The van der Waals surface area contributed by atoms with Gasteiger partial charge in [-0.3, -0.25) is 9.69 Å². The molecule has 5 N–H and O–H groups in total. The van der Waals surface area contributed by atoms with Crippen molar-refractivity contribution < 1.29 is 14.6 Å². The summed E-state index contributed by atoms with van der Waals surface area (Å²) >= 11 is 0. The minimum atomic E-state index is -0.623. The molecule has 11 nitrogen and oxygen atoms in total. The summed E-state index contributed by atoms with van der Waals surface area (Å²) in [7, 11) is 3.90. The van der Waals surface area contributed by atoms with Gasteiger partial charge in [-0.1, -0.05) is 6.92 Å². The molecule has 0 spiro atoms. The van der Waals surface area contributed by atoms with Crippen molar-refractivity contribution in [1.29, 1.82) is 0 Å². The Morgan fingerprint density at radius 3 is 2.37 bits per heavy atom. The summed E-state index contributed by atoms with van der Waals surface area (Å²) in [6.45, 7) is 8.46. The predicted octanol–water partition coefficient (Wildman–Crippen LogP) is 2.82. The van der Waals surface area contributed by atoms with Gasteiger partial charge in [0.2, 0.25) is 0 Å². The van der Waals surface area contributed by atoms with Gasteiger partial charge in [0.15, 0.2) is 11.5 Å². The smallest absolute Gasteiger partial charge is 0.271 e. The zero-order valence-electron chi connectivity index (χ0n) is 24.7. The van der Waals surface area contributed by atoms with E-state index in [1.807, 2.05) is 19.1 Å². The first-order valence-electron chi connectivity index (χ1n) is 15.1. The Balaban J connectivity index is 1.34. The van der Waals surface area contributed by atoms with Crippen LogP contribution in [0.2, 0.25) is 0 Å². The average Bonchev–Trinajstić information content (AvgIpc) is 2.99. The highest BCUT2D eigenvalue weighted by atomic mass is 16.5. The van der Waals surface area contributed by atoms with Crippen LogP contribution in [0.1, 0.15) is 61.6 Å². The van der Waals surface area contributed by atoms with E-state index in [-0.39, 0.29) is 17.8 Å². The van der Waals surface area contributed by atoms with E-state index in [1.165, 1.54) is 0 Å². The Labute approximate surface area is 243 Å². The van der Waals surface area contributed by atoms with Crippen LogP contribution >= 0.6 is 0 Å². The van der Waals surface area contributed by atoms with Crippen molar-refractivity contribution in [3.05, 3.63) is 29.6 Å². The zero-order chi connectivity index (χ0) is 28.9. The molecule has 1 amide bonds. The molecule has 41 heavy (non-hydrogen) atoms. The third-order valence-electron chi connectivity index (χ3n) is 8.87. The topological polar surface area (TPSA) is 132 Å². The zero-order valence-corrected chi connectivity index (χ0v) is 24.7. The number of piperazine rings is 1. The van der Waals surface area contributed by atoms with Crippen molar-refractivity contribution in [2.24, 2.45) is 5.73 Å². The fraction of sp³-hybridized carbons (Fsp3) is 0.633. The maximum atomic E-state index is 12.4. The quantitative estimate of drug-likeness (QED) is 0.359. The van der Waals surface area contributed by atoms with Crippen LogP contribution in [0.3, 0.4) is 0 Å². The summed E-state index contributed by atoms with van der Waals surface area (Å²) in [5.74, 6) is 1.18. The van der Waals surface area contributed by atoms with E-state index in [1.54, 1.807) is 7.11 Å². The molecular weight excluding hydrogens is 520 g/mol. The molecule has 1 aliphatic carbocycles. The minimum Gasteiger partial charge on any atom is -0.495 e. The maximum Gasteiger partial charge on any atom is 0.271 e. The second kappa shape index (κ2) is 13.2. The van der Waals surface area contributed by atoms with Gasteiger partial charge in [0.1, 0.15) is 11.6 Å². The van der Waals surface area contributed by atoms with Crippen molar-refractivity contribution in [3.63, 3.8) is 0 Å². The molecule has 2 aliphatic heterocycles. The Morgan fingerprint density at radius 1 is 1.02 bits per heavy atom. The van der Waals surface area contributed by atoms with Crippen LogP contribution in [-0.4, -0.2) is 102 Å². The van der Waals surface area contributed by atoms with Crippen LogP contribution in [0, 0.1) is 0 Å². The third kappa shape index (κ3) is 7.02. The van der Waals surface area contributed by atoms with E-state index in [0.29, 0.717) is 29.8 Å². The first kappa shape index (κ1) is 29.3. The number of amides is 1. The molecule has 3 aliphatic rings. The molecule has 0 unspecified atom stereocenters. The molecular formula is C30H46N8O3. The molecule has 5 rings (SSSR count). The molecule has 2 saturated heterocycles. The summed E-state index contributed by atoms with van der Waals surface area (Å²) in [5.41, 5.74) is 8.38. The van der Waals surface area contributed by atoms with E-state index >= 15 is 0 Å². The number of aliphatic hydroxyl groups is 1. The van der Waals surface area contributed by atoms with E-state index in [9.17, 15) is 9.90 Å². The van der Waals surface area contributed by atoms with Gasteiger partial charge in [0.05, 0.1) is 24.6 Å². The number of primary amides is 1. The normalized spacial score (nSPS) is 22.9. The van der Waals surface area contributed by atoms with Crippen molar-refractivity contribution in [1.82, 2.24) is 19.8 Å². The number of benzene rings is 1. The number of methoxy groups -OCH3 is 1. The monoisotopic (exact) mass is 566 g/mol. The lowest BCUT2D eigenvalue weighted by Crippen LogP contribution is -2.52. The standard InChI is InChI=1S/C30H46N8O3/c1-4-24-29(32-20-5-8-23(39)9-6-20)35-30(27(34-24)28(31)40)33-21-7-10-26(41-3)25(19-21)38-13-11-22(12-14-38)37-17-15-36(2)16-18-37/h7,10,19-20,22-23,39H,4-6,8-9,11-18H2,1-3H3,(H2,31,40)(H2,32,33,35)/t20-,23-. The van der Waals surface area contributed by atoms with Crippen LogP contribution in [0.4, 0.5) is 23.0 Å². The fourth-order valence-electron chi connectivity index (χ4n) is 6.32. The maximum absolute atomic E-state index is 12.4. The molecule has 0 atom stereocenters. The molecule has 2 aromatic rings. The van der Waals surface area contributed by atoms with E-state index in [4.69, 9.17) is 15.5 Å². The molecule has 224 valence electrons. The number of hydrogen-bond donors (Lipinski definition) is 4. The number of aromatic nitrogens is 2. The first-order valence-corrected chi connectivity index (χ1v) is 15.1. The number of carbonyl (C=O) groups is 1. The van der Waals surface area contributed by atoms with Gasteiger partial charge in [0.25, 0.3) is 5.91 Å². The SMILES string of the molecule is CCc1nc(C(N)=O)c(Nc2ccc(OC)c(N3CCC(N4CCN(C)CC4)CC3)c2)nc1N[C@H]1CC[C@H](O)CC1. The molecule has 3 heterocycles. The minimum absolute atomic E-state index is 0.122. The van der Waals surface area contributed by atoms with Gasteiger partial charge in [-0.05, 0) is 70.2 Å². The molecule has 3 fully saturated rings. The lowest BCUT2D eigenvalue weighted by molar-refractivity contribution is 0.0981. The Morgan fingerprint density at radius 2 is 1.73 bits per heavy atom. The van der Waals surface area contributed by atoms with Crippen molar-refractivity contribution >= 4 is 28.9 Å². The number of nitrogens with two attached hydrogens (primary N) is 1. The van der Waals surface area contributed by atoms with E-state index in [2.05, 4.69) is 43.4 Å². The fourth-order valence-corrected chi connectivity index (χ4v) is 6.32. The number of likely N-dealkylation sites (N-methyl/N-ethyl adjacent to an activating group) is 1. The lowest BCUT2D eigenvalue weighted by atomic mass is 9.93. The van der Waals surface area contributed by atoms with Crippen LogP contribution in [0.15, 0.2) is 18.2 Å². The first-order chi connectivity index (χ1) is 19.8. The highest BCUT2D eigenvalue weighted by Gasteiger charge is 2.28. The van der Waals surface area contributed by atoms with Crippen LogP contribution < -0.4 is 26.0 Å². The molecule has 1 aromatic carbocycles. The Kier molecular flexibility index (Phi) is 9.46. The second-order valence-electron chi connectivity index (χ2n) is 11.7. The van der Waals surface area contributed by atoms with Gasteiger partial charge < -0.3 is 36.0 Å². The van der Waals surface area contributed by atoms with Gasteiger partial charge in [-0.15, -0.1) is 0 Å². The number of aliphatic hydroxyl groups excluding tert-OH is 1. The van der Waals surface area contributed by atoms with Gasteiger partial charge in [0, 0.05) is 57.0 Å². The third-order valence-corrected chi connectivity index (χ3v) is 8.87. The predicted molar refractivity (Wildman–Crippen MR) is 162 cm³/mol. The number of piperidine rings is 1. The van der Waals surface area contributed by atoms with Crippen molar-refractivity contribution in [2.75, 3.05) is 69.0 Å². The number of ether oxygens (including phenoxy) is 1. The van der Waals surface area contributed by atoms with Gasteiger partial charge in [-0.25, -0.2) is 9.97 Å². The number of aryl methyl sites for hydroxylation is 1. The summed E-state index contributed by atoms with van der Waals surface area (Å²) < 4.78 is 5.75. The highest BCUT2D eigenvalue weighted by Crippen LogP contribution is 2.35. The Bertz CT molecular complexity index is 1190. The average molecular weight is 567 g/mol. The molecule has 11 heteroatoms. The summed E-state index contributed by atoms with van der Waals surface area (Å²) in [6, 6.07) is 6.76. The Hall–Kier alpha value is -3.15. The van der Waals surface area contributed by atoms with Crippen LogP contribution in [0.5, 0.6) is 5.75 Å². The largest absolute Gasteiger partial charge is 0.495 e. The van der Waals surface area contributed by atoms with E-state index in [0.717, 1.165) is 94.9 Å². The van der Waals surface area contributed by atoms with Crippen LogP contribution in [0.25, 0.3) is 0 Å². The van der Waals surface area contributed by atoms with Crippen molar-refractivity contribution in [2.45, 2.75) is 70.1 Å². The van der Waals surface area contributed by atoms with E-state index < -0.39 is 5.91 Å². The van der Waals surface area contributed by atoms with Crippen LogP contribution in [-0.2, 0) is 6.42 Å². The molecule has 0 bridgehead atoms. The van der Waals surface area contributed by atoms with Crippen molar-refractivity contribution in [3.8, 4) is 5.75 Å². The second-order valence-corrected chi connectivity index (χ2v) is 11.7. The number of anilines is 4. The number of nitrogens with one attached hydrogen (secondary N) is 2.